The molecule has 0 bridgehead atoms. The van der Waals surface area contributed by atoms with Crippen LogP contribution in [0.15, 0.2) is 29.6 Å². The Bertz CT molecular complexity index is 698. The monoisotopic (exact) mass is 272 g/mol. The number of hydrogen-bond donors (Lipinski definition) is 1. The van der Waals surface area contributed by atoms with Crippen molar-refractivity contribution in [3.8, 4) is 11.4 Å². The first-order chi connectivity index (χ1) is 9.35. The number of aromatic nitrogens is 3. The summed E-state index contributed by atoms with van der Waals surface area (Å²) in [6.07, 6.45) is 0. The summed E-state index contributed by atoms with van der Waals surface area (Å²) in [4.78, 5) is 0. The molecule has 4 nitrogen and oxygen atoms in total. The maximum absolute atomic E-state index is 4.36. The number of anilines is 1. The molecule has 2 aromatic heterocycles. The molecule has 19 heavy (non-hydrogen) atoms. The zero-order chi connectivity index (χ0) is 13.2. The van der Waals surface area contributed by atoms with Gasteiger partial charge in [-0.25, -0.2) is 0 Å². The van der Waals surface area contributed by atoms with E-state index in [-0.39, 0.29) is 0 Å². The fraction of sp³-hybridized carbons (Fsp3) is 0.286. The smallest absolute Gasteiger partial charge is 0.224 e. The van der Waals surface area contributed by atoms with Crippen LogP contribution >= 0.6 is 11.3 Å². The van der Waals surface area contributed by atoms with E-state index in [2.05, 4.69) is 63.6 Å². The minimum atomic E-state index is 0.843. The van der Waals surface area contributed by atoms with Gasteiger partial charge in [-0.2, -0.15) is 0 Å². The summed E-state index contributed by atoms with van der Waals surface area (Å²) in [5.74, 6) is 1.78. The molecule has 1 N–H and O–H groups in total. The molecule has 0 amide bonds. The highest BCUT2D eigenvalue weighted by molar-refractivity contribution is 7.17. The lowest BCUT2D eigenvalue weighted by molar-refractivity contribution is 0.771. The first-order valence-corrected chi connectivity index (χ1v) is 7.36. The Balaban J connectivity index is 2.16. The number of hydrogen-bond acceptors (Lipinski definition) is 4. The van der Waals surface area contributed by atoms with Crippen LogP contribution in [0.2, 0.25) is 0 Å². The highest BCUT2D eigenvalue weighted by atomic mass is 32.1. The van der Waals surface area contributed by atoms with Crippen LogP contribution in [0, 0.1) is 0 Å². The fourth-order valence-electron chi connectivity index (χ4n) is 2.24. The van der Waals surface area contributed by atoms with Gasteiger partial charge in [0.05, 0.1) is 0 Å². The number of nitrogens with one attached hydrogen (secondary N) is 1. The zero-order valence-electron chi connectivity index (χ0n) is 11.1. The molecule has 5 heteroatoms. The molecule has 0 saturated carbocycles. The molecule has 2 heterocycles. The standard InChI is InChI=1S/C14H16N4S/c1-3-15-14-17-16-13(18(14)4-2)11-9-19-12-8-6-5-7-10(11)12/h5-9H,3-4H2,1-2H3,(H,15,17). The molecule has 0 aliphatic carbocycles. The maximum Gasteiger partial charge on any atom is 0.224 e. The SMILES string of the molecule is CCNc1nnc(-c2csc3ccccc23)n1CC. The van der Waals surface area contributed by atoms with Gasteiger partial charge in [-0.15, -0.1) is 21.5 Å². The molecule has 3 rings (SSSR count). The van der Waals surface area contributed by atoms with E-state index in [1.165, 1.54) is 15.6 Å². The number of fused-ring (bicyclic) bond motifs is 1. The lowest BCUT2D eigenvalue weighted by Crippen LogP contribution is -2.06. The van der Waals surface area contributed by atoms with Gasteiger partial charge < -0.3 is 5.32 Å². The minimum absolute atomic E-state index is 0.843. The quantitative estimate of drug-likeness (QED) is 0.789. The second-order valence-electron chi connectivity index (χ2n) is 4.27. The van der Waals surface area contributed by atoms with Crippen molar-refractivity contribution < 1.29 is 0 Å². The van der Waals surface area contributed by atoms with Crippen LogP contribution < -0.4 is 5.32 Å². The van der Waals surface area contributed by atoms with Crippen molar-refractivity contribution in [1.29, 1.82) is 0 Å². The van der Waals surface area contributed by atoms with Crippen molar-refractivity contribution in [2.45, 2.75) is 20.4 Å². The lowest BCUT2D eigenvalue weighted by Gasteiger charge is -2.07. The van der Waals surface area contributed by atoms with Crippen LogP contribution in [-0.2, 0) is 6.54 Å². The van der Waals surface area contributed by atoms with Crippen LogP contribution in [0.4, 0.5) is 5.95 Å². The topological polar surface area (TPSA) is 42.7 Å². The van der Waals surface area contributed by atoms with Crippen LogP contribution in [0.3, 0.4) is 0 Å². The van der Waals surface area contributed by atoms with Gasteiger partial charge in [-0.1, -0.05) is 18.2 Å². The summed E-state index contributed by atoms with van der Waals surface area (Å²) in [5.41, 5.74) is 1.17. The van der Waals surface area contributed by atoms with E-state index in [1.54, 1.807) is 11.3 Å². The molecule has 0 radical (unpaired) electrons. The van der Waals surface area contributed by atoms with Gasteiger partial charge in [0.1, 0.15) is 0 Å². The first-order valence-electron chi connectivity index (χ1n) is 6.48. The summed E-state index contributed by atoms with van der Waals surface area (Å²) >= 11 is 1.75. The Kier molecular flexibility index (Phi) is 3.21. The van der Waals surface area contributed by atoms with Gasteiger partial charge in [0.25, 0.3) is 0 Å². The molecule has 0 spiro atoms. The van der Waals surface area contributed by atoms with Crippen molar-refractivity contribution >= 4 is 27.4 Å². The van der Waals surface area contributed by atoms with Gasteiger partial charge >= 0.3 is 0 Å². The predicted molar refractivity (Wildman–Crippen MR) is 80.7 cm³/mol. The molecular weight excluding hydrogens is 256 g/mol. The second kappa shape index (κ2) is 5.01. The Labute approximate surface area is 116 Å². The van der Waals surface area contributed by atoms with E-state index in [1.807, 2.05) is 0 Å². The summed E-state index contributed by atoms with van der Waals surface area (Å²) in [6, 6.07) is 8.41. The molecular formula is C14H16N4S. The summed E-state index contributed by atoms with van der Waals surface area (Å²) < 4.78 is 3.41. The van der Waals surface area contributed by atoms with E-state index >= 15 is 0 Å². The third-order valence-corrected chi connectivity index (χ3v) is 4.09. The Hall–Kier alpha value is -1.88. The third kappa shape index (κ3) is 2.00. The van der Waals surface area contributed by atoms with E-state index in [0.29, 0.717) is 0 Å². The molecule has 0 aliphatic rings. The van der Waals surface area contributed by atoms with Crippen molar-refractivity contribution in [2.75, 3.05) is 11.9 Å². The molecule has 98 valence electrons. The highest BCUT2D eigenvalue weighted by Gasteiger charge is 2.15. The van der Waals surface area contributed by atoms with Crippen LogP contribution in [0.1, 0.15) is 13.8 Å². The molecule has 0 fully saturated rings. The number of thiophene rings is 1. The largest absolute Gasteiger partial charge is 0.355 e. The Morgan fingerprint density at radius 1 is 1.21 bits per heavy atom. The van der Waals surface area contributed by atoms with E-state index in [4.69, 9.17) is 0 Å². The summed E-state index contributed by atoms with van der Waals surface area (Å²) in [7, 11) is 0. The van der Waals surface area contributed by atoms with E-state index in [0.717, 1.165) is 24.9 Å². The van der Waals surface area contributed by atoms with Crippen LogP contribution in [0.25, 0.3) is 21.5 Å². The number of benzene rings is 1. The molecule has 0 unspecified atom stereocenters. The fourth-order valence-corrected chi connectivity index (χ4v) is 3.18. The average molecular weight is 272 g/mol. The van der Waals surface area contributed by atoms with Crippen molar-refractivity contribution in [2.24, 2.45) is 0 Å². The van der Waals surface area contributed by atoms with E-state index < -0.39 is 0 Å². The summed E-state index contributed by atoms with van der Waals surface area (Å²) in [5, 5.41) is 15.3. The van der Waals surface area contributed by atoms with Gasteiger partial charge in [0, 0.05) is 34.1 Å². The predicted octanol–water partition coefficient (Wildman–Crippen LogP) is 3.61. The van der Waals surface area contributed by atoms with Gasteiger partial charge in [0.2, 0.25) is 5.95 Å². The molecule has 0 aliphatic heterocycles. The van der Waals surface area contributed by atoms with Gasteiger partial charge in [0.15, 0.2) is 5.82 Å². The average Bonchev–Trinajstić information content (AvgIpc) is 3.02. The molecule has 0 atom stereocenters. The Morgan fingerprint density at radius 3 is 2.84 bits per heavy atom. The normalized spacial score (nSPS) is 11.1. The minimum Gasteiger partial charge on any atom is -0.355 e. The Morgan fingerprint density at radius 2 is 2.05 bits per heavy atom. The molecule has 3 aromatic rings. The van der Waals surface area contributed by atoms with Crippen molar-refractivity contribution in [1.82, 2.24) is 14.8 Å². The van der Waals surface area contributed by atoms with Crippen molar-refractivity contribution in [3.05, 3.63) is 29.6 Å². The molecule has 0 saturated heterocycles. The molecule has 1 aromatic carbocycles. The lowest BCUT2D eigenvalue weighted by atomic mass is 10.1. The maximum atomic E-state index is 4.36. The highest BCUT2D eigenvalue weighted by Crippen LogP contribution is 2.33. The number of rotatable bonds is 4. The first kappa shape index (κ1) is 12.2. The van der Waals surface area contributed by atoms with Crippen LogP contribution in [0.5, 0.6) is 0 Å². The van der Waals surface area contributed by atoms with Gasteiger partial charge in [-0.3, -0.25) is 4.57 Å². The number of nitrogens with zero attached hydrogens (tertiary/aromatic N) is 3. The van der Waals surface area contributed by atoms with Crippen molar-refractivity contribution in [3.63, 3.8) is 0 Å². The zero-order valence-corrected chi connectivity index (χ0v) is 11.9. The van der Waals surface area contributed by atoms with Gasteiger partial charge in [-0.05, 0) is 19.9 Å². The third-order valence-electron chi connectivity index (χ3n) is 3.12. The van der Waals surface area contributed by atoms with Crippen LogP contribution in [-0.4, -0.2) is 21.3 Å². The second-order valence-corrected chi connectivity index (χ2v) is 5.18. The van der Waals surface area contributed by atoms with E-state index in [9.17, 15) is 0 Å². The summed E-state index contributed by atoms with van der Waals surface area (Å²) in [6.45, 7) is 5.88.